The van der Waals surface area contributed by atoms with E-state index in [-0.39, 0.29) is 11.9 Å². The Balaban J connectivity index is 2.80. The molecule has 1 aromatic rings. The fourth-order valence-electron chi connectivity index (χ4n) is 1.41. The zero-order valence-corrected chi connectivity index (χ0v) is 11.0. The van der Waals surface area contributed by atoms with Gasteiger partial charge in [-0.05, 0) is 31.5 Å². The van der Waals surface area contributed by atoms with E-state index >= 15 is 0 Å². The van der Waals surface area contributed by atoms with E-state index in [1.54, 1.807) is 13.0 Å². The van der Waals surface area contributed by atoms with Crippen LogP contribution in [0, 0.1) is 6.92 Å². The highest BCUT2D eigenvalue weighted by Gasteiger charge is 2.05. The lowest BCUT2D eigenvalue weighted by atomic mass is 10.2. The van der Waals surface area contributed by atoms with Crippen molar-refractivity contribution >= 4 is 23.3 Å². The Morgan fingerprint density at radius 3 is 2.50 bits per heavy atom. The molecule has 0 aliphatic rings. The van der Waals surface area contributed by atoms with Gasteiger partial charge in [0.05, 0.1) is 0 Å². The molecule has 0 aromatic heterocycles. The number of carbonyl (C=O) groups excluding carboxylic acids is 2. The number of nitrogens with one attached hydrogen (secondary N) is 3. The van der Waals surface area contributed by atoms with E-state index in [1.807, 2.05) is 26.0 Å². The molecule has 3 amide bonds. The molecular weight excluding hydrogens is 230 g/mol. The summed E-state index contributed by atoms with van der Waals surface area (Å²) < 4.78 is 0. The highest BCUT2D eigenvalue weighted by atomic mass is 16.2. The summed E-state index contributed by atoms with van der Waals surface area (Å²) in [6.45, 7) is 6.10. The van der Waals surface area contributed by atoms with Crippen LogP contribution in [0.1, 0.15) is 25.8 Å². The third-order valence-corrected chi connectivity index (χ3v) is 2.43. The summed E-state index contributed by atoms with van der Waals surface area (Å²) in [5.41, 5.74) is 2.31. The molecule has 3 N–H and O–H groups in total. The topological polar surface area (TPSA) is 70.2 Å². The lowest BCUT2D eigenvalue weighted by Gasteiger charge is -2.11. The van der Waals surface area contributed by atoms with Gasteiger partial charge in [0, 0.05) is 24.3 Å². The van der Waals surface area contributed by atoms with Gasteiger partial charge in [-0.15, -0.1) is 0 Å². The van der Waals surface area contributed by atoms with Crippen LogP contribution in [0.3, 0.4) is 0 Å². The van der Waals surface area contributed by atoms with Crippen LogP contribution in [0.2, 0.25) is 0 Å². The Morgan fingerprint density at radius 2 is 1.89 bits per heavy atom. The van der Waals surface area contributed by atoms with Gasteiger partial charge in [-0.2, -0.15) is 0 Å². The molecule has 0 radical (unpaired) electrons. The number of benzene rings is 1. The predicted molar refractivity (Wildman–Crippen MR) is 72.8 cm³/mol. The van der Waals surface area contributed by atoms with Gasteiger partial charge >= 0.3 is 6.03 Å². The summed E-state index contributed by atoms with van der Waals surface area (Å²) in [4.78, 5) is 22.7. The minimum Gasteiger partial charge on any atom is -0.338 e. The van der Waals surface area contributed by atoms with Gasteiger partial charge in [0.15, 0.2) is 0 Å². The summed E-state index contributed by atoms with van der Waals surface area (Å²) in [5.74, 6) is -0.0530. The lowest BCUT2D eigenvalue weighted by Crippen LogP contribution is -2.28. The highest BCUT2D eigenvalue weighted by Crippen LogP contribution is 2.20. The molecule has 0 aliphatic carbocycles. The predicted octanol–water partition coefficient (Wildman–Crippen LogP) is 2.48. The van der Waals surface area contributed by atoms with Gasteiger partial charge in [-0.3, -0.25) is 4.79 Å². The van der Waals surface area contributed by atoms with E-state index in [2.05, 4.69) is 16.0 Å². The molecule has 0 fully saturated rings. The molecule has 0 saturated carbocycles. The van der Waals surface area contributed by atoms with Crippen molar-refractivity contribution in [3.63, 3.8) is 0 Å². The smallest absolute Gasteiger partial charge is 0.319 e. The quantitative estimate of drug-likeness (QED) is 0.767. The van der Waals surface area contributed by atoms with Crippen LogP contribution in [0.15, 0.2) is 18.2 Å². The monoisotopic (exact) mass is 249 g/mol. The van der Waals surface area contributed by atoms with Crippen molar-refractivity contribution in [2.75, 3.05) is 17.2 Å². The summed E-state index contributed by atoms with van der Waals surface area (Å²) in [5, 5.41) is 8.15. The SMILES string of the molecule is CCNC(=O)Nc1cc(NC(=O)CC)ccc1C. The fraction of sp³-hybridized carbons (Fsp3) is 0.385. The summed E-state index contributed by atoms with van der Waals surface area (Å²) in [7, 11) is 0. The van der Waals surface area contributed by atoms with Gasteiger partial charge in [-0.25, -0.2) is 4.79 Å². The Labute approximate surface area is 107 Å². The normalized spacial score (nSPS) is 9.72. The molecule has 1 rings (SSSR count). The Kier molecular flexibility index (Phi) is 5.17. The molecule has 0 heterocycles. The van der Waals surface area contributed by atoms with E-state index in [0.717, 1.165) is 5.56 Å². The summed E-state index contributed by atoms with van der Waals surface area (Å²) in [6.07, 6.45) is 0.424. The second-order valence-electron chi connectivity index (χ2n) is 3.92. The molecule has 0 unspecified atom stereocenters. The molecule has 0 saturated heterocycles. The molecule has 1 aromatic carbocycles. The Bertz CT molecular complexity index is 444. The second kappa shape index (κ2) is 6.64. The van der Waals surface area contributed by atoms with Gasteiger partial charge in [0.1, 0.15) is 0 Å². The zero-order valence-electron chi connectivity index (χ0n) is 11.0. The van der Waals surface area contributed by atoms with Crippen molar-refractivity contribution in [2.24, 2.45) is 0 Å². The minimum atomic E-state index is -0.250. The molecule has 5 nitrogen and oxygen atoms in total. The maximum Gasteiger partial charge on any atom is 0.319 e. The molecule has 98 valence electrons. The number of aryl methyl sites for hydroxylation is 1. The first-order valence-electron chi connectivity index (χ1n) is 6.02. The van der Waals surface area contributed by atoms with Crippen molar-refractivity contribution in [1.82, 2.24) is 5.32 Å². The van der Waals surface area contributed by atoms with Gasteiger partial charge in [0.25, 0.3) is 0 Å². The first-order valence-corrected chi connectivity index (χ1v) is 6.02. The van der Waals surface area contributed by atoms with Crippen LogP contribution in [-0.4, -0.2) is 18.5 Å². The van der Waals surface area contributed by atoms with Crippen molar-refractivity contribution < 1.29 is 9.59 Å². The first-order chi connectivity index (χ1) is 8.56. The van der Waals surface area contributed by atoms with Crippen LogP contribution in [-0.2, 0) is 4.79 Å². The van der Waals surface area contributed by atoms with Gasteiger partial charge in [-0.1, -0.05) is 13.0 Å². The maximum absolute atomic E-state index is 11.4. The molecule has 5 heteroatoms. The minimum absolute atomic E-state index is 0.0530. The number of hydrogen-bond acceptors (Lipinski definition) is 2. The van der Waals surface area contributed by atoms with Crippen LogP contribution in [0.25, 0.3) is 0 Å². The summed E-state index contributed by atoms with van der Waals surface area (Å²) >= 11 is 0. The standard InChI is InChI=1S/C13H19N3O2/c1-4-12(17)15-10-7-6-9(3)11(8-10)16-13(18)14-5-2/h6-8H,4-5H2,1-3H3,(H,15,17)(H2,14,16,18). The van der Waals surface area contributed by atoms with E-state index in [1.165, 1.54) is 0 Å². The maximum atomic E-state index is 11.4. The number of anilines is 2. The number of hydrogen-bond donors (Lipinski definition) is 3. The van der Waals surface area contributed by atoms with E-state index in [4.69, 9.17) is 0 Å². The van der Waals surface area contributed by atoms with Crippen molar-refractivity contribution in [3.8, 4) is 0 Å². The molecule has 0 aliphatic heterocycles. The van der Waals surface area contributed by atoms with E-state index in [9.17, 15) is 9.59 Å². The largest absolute Gasteiger partial charge is 0.338 e. The van der Waals surface area contributed by atoms with Gasteiger partial charge < -0.3 is 16.0 Å². The van der Waals surface area contributed by atoms with Crippen molar-refractivity contribution in [1.29, 1.82) is 0 Å². The third-order valence-electron chi connectivity index (χ3n) is 2.43. The Hall–Kier alpha value is -2.04. The third kappa shape index (κ3) is 4.08. The number of amides is 3. The fourth-order valence-corrected chi connectivity index (χ4v) is 1.41. The molecule has 0 spiro atoms. The van der Waals surface area contributed by atoms with Crippen LogP contribution < -0.4 is 16.0 Å². The lowest BCUT2D eigenvalue weighted by molar-refractivity contribution is -0.115. The van der Waals surface area contributed by atoms with Crippen LogP contribution in [0.5, 0.6) is 0 Å². The second-order valence-corrected chi connectivity index (χ2v) is 3.92. The van der Waals surface area contributed by atoms with E-state index < -0.39 is 0 Å². The number of urea groups is 1. The first kappa shape index (κ1) is 14.0. The molecule has 0 bridgehead atoms. The van der Waals surface area contributed by atoms with Crippen molar-refractivity contribution in [3.05, 3.63) is 23.8 Å². The van der Waals surface area contributed by atoms with Gasteiger partial charge in [0.2, 0.25) is 5.91 Å². The van der Waals surface area contributed by atoms with E-state index in [0.29, 0.717) is 24.3 Å². The van der Waals surface area contributed by atoms with Crippen LogP contribution in [0.4, 0.5) is 16.2 Å². The zero-order chi connectivity index (χ0) is 13.5. The number of carbonyl (C=O) groups is 2. The number of rotatable bonds is 4. The molecule has 18 heavy (non-hydrogen) atoms. The van der Waals surface area contributed by atoms with Crippen molar-refractivity contribution in [2.45, 2.75) is 27.2 Å². The molecule has 0 atom stereocenters. The highest BCUT2D eigenvalue weighted by molar-refractivity contribution is 5.94. The average Bonchev–Trinajstić information content (AvgIpc) is 2.33. The average molecular weight is 249 g/mol. The molecular formula is C13H19N3O2. The van der Waals surface area contributed by atoms with Crippen LogP contribution >= 0.6 is 0 Å². The Morgan fingerprint density at radius 1 is 1.17 bits per heavy atom. The summed E-state index contributed by atoms with van der Waals surface area (Å²) in [6, 6.07) is 5.16.